The minimum Gasteiger partial charge on any atom is -0.432 e. The van der Waals surface area contributed by atoms with E-state index in [4.69, 9.17) is 28.6 Å². The van der Waals surface area contributed by atoms with E-state index in [1.54, 1.807) is 36.4 Å². The number of rotatable bonds is 7. The van der Waals surface area contributed by atoms with Crippen molar-refractivity contribution in [1.29, 1.82) is 0 Å². The average Bonchev–Trinajstić information content (AvgIpc) is 2.64. The lowest BCUT2D eigenvalue weighted by molar-refractivity contribution is 0.102. The van der Waals surface area contributed by atoms with Gasteiger partial charge in [0.1, 0.15) is 5.75 Å². The molecule has 2 aromatic rings. The standard InChI is InChI=1S/C20H23ClN2O2S/c1-3-13-23(14-4-2)20(26)25-16-11-9-15(10-12-16)19(24)22-18-8-6-5-7-17(18)21/h5-12H,3-4,13-14H2,1-2H3,(H,22,24). The van der Waals surface area contributed by atoms with Crippen LogP contribution in [0.25, 0.3) is 0 Å². The van der Waals surface area contributed by atoms with E-state index in [1.165, 1.54) is 0 Å². The van der Waals surface area contributed by atoms with Gasteiger partial charge in [-0.2, -0.15) is 0 Å². The van der Waals surface area contributed by atoms with Crippen LogP contribution in [-0.4, -0.2) is 29.1 Å². The van der Waals surface area contributed by atoms with Crippen molar-refractivity contribution < 1.29 is 9.53 Å². The Morgan fingerprint density at radius 2 is 1.69 bits per heavy atom. The number of amides is 1. The van der Waals surface area contributed by atoms with Crippen molar-refractivity contribution in [2.45, 2.75) is 26.7 Å². The number of carbonyl (C=O) groups excluding carboxylic acids is 1. The zero-order chi connectivity index (χ0) is 18.9. The predicted octanol–water partition coefficient (Wildman–Crippen LogP) is 5.38. The van der Waals surface area contributed by atoms with E-state index in [-0.39, 0.29) is 5.91 Å². The summed E-state index contributed by atoms with van der Waals surface area (Å²) < 4.78 is 5.76. The van der Waals surface area contributed by atoms with Gasteiger partial charge in [-0.15, -0.1) is 0 Å². The average molecular weight is 391 g/mol. The van der Waals surface area contributed by atoms with Gasteiger partial charge in [0.25, 0.3) is 11.1 Å². The zero-order valence-electron chi connectivity index (χ0n) is 15.0. The summed E-state index contributed by atoms with van der Waals surface area (Å²) in [7, 11) is 0. The minimum absolute atomic E-state index is 0.231. The Balaban J connectivity index is 2.00. The Kier molecular flexibility index (Phi) is 7.88. The molecule has 0 aliphatic rings. The fourth-order valence-corrected chi connectivity index (χ4v) is 2.89. The second-order valence-electron chi connectivity index (χ2n) is 5.81. The molecule has 0 aromatic heterocycles. The van der Waals surface area contributed by atoms with Gasteiger partial charge in [0.05, 0.1) is 10.7 Å². The number of halogens is 1. The number of hydrogen-bond donors (Lipinski definition) is 1. The summed E-state index contributed by atoms with van der Waals surface area (Å²) in [4.78, 5) is 14.4. The Morgan fingerprint density at radius 3 is 2.27 bits per heavy atom. The van der Waals surface area contributed by atoms with E-state index < -0.39 is 0 Å². The summed E-state index contributed by atoms with van der Waals surface area (Å²) in [6.45, 7) is 5.95. The van der Waals surface area contributed by atoms with Gasteiger partial charge < -0.3 is 15.0 Å². The zero-order valence-corrected chi connectivity index (χ0v) is 16.6. The molecule has 26 heavy (non-hydrogen) atoms. The molecule has 0 atom stereocenters. The Labute approximate surface area is 165 Å². The van der Waals surface area contributed by atoms with E-state index in [0.29, 0.717) is 27.2 Å². The van der Waals surface area contributed by atoms with Crippen LogP contribution in [0, 0.1) is 0 Å². The van der Waals surface area contributed by atoms with Crippen molar-refractivity contribution in [3.63, 3.8) is 0 Å². The lowest BCUT2D eigenvalue weighted by atomic mass is 10.2. The molecule has 0 unspecified atom stereocenters. The van der Waals surface area contributed by atoms with Crippen molar-refractivity contribution >= 4 is 40.6 Å². The number of nitrogens with one attached hydrogen (secondary N) is 1. The monoisotopic (exact) mass is 390 g/mol. The molecule has 1 amide bonds. The van der Waals surface area contributed by atoms with E-state index in [2.05, 4.69) is 19.2 Å². The lowest BCUT2D eigenvalue weighted by Gasteiger charge is -2.23. The van der Waals surface area contributed by atoms with Crippen LogP contribution in [0.2, 0.25) is 5.02 Å². The van der Waals surface area contributed by atoms with Crippen LogP contribution in [0.4, 0.5) is 5.69 Å². The molecule has 0 saturated heterocycles. The first kappa shape index (κ1) is 20.2. The molecule has 6 heteroatoms. The molecular weight excluding hydrogens is 368 g/mol. The fraction of sp³-hybridized carbons (Fsp3) is 0.300. The van der Waals surface area contributed by atoms with E-state index >= 15 is 0 Å². The van der Waals surface area contributed by atoms with Crippen molar-refractivity contribution in [2.75, 3.05) is 18.4 Å². The molecule has 0 radical (unpaired) electrons. The second-order valence-corrected chi connectivity index (χ2v) is 6.57. The summed E-state index contributed by atoms with van der Waals surface area (Å²) in [6.07, 6.45) is 2.01. The maximum atomic E-state index is 12.3. The van der Waals surface area contributed by atoms with Gasteiger partial charge in [-0.05, 0) is 61.5 Å². The first-order valence-corrected chi connectivity index (χ1v) is 9.46. The van der Waals surface area contributed by atoms with Crippen LogP contribution < -0.4 is 10.1 Å². The molecule has 0 aliphatic heterocycles. The summed E-state index contributed by atoms with van der Waals surface area (Å²) in [5.41, 5.74) is 1.10. The molecule has 0 bridgehead atoms. The molecule has 0 heterocycles. The smallest absolute Gasteiger partial charge is 0.264 e. The van der Waals surface area contributed by atoms with E-state index in [1.807, 2.05) is 17.0 Å². The third-order valence-corrected chi connectivity index (χ3v) is 4.36. The third kappa shape index (κ3) is 5.71. The molecule has 0 fully saturated rings. The van der Waals surface area contributed by atoms with Crippen molar-refractivity contribution in [3.8, 4) is 5.75 Å². The minimum atomic E-state index is -0.231. The van der Waals surface area contributed by atoms with Gasteiger partial charge in [0.15, 0.2) is 0 Å². The number of carbonyl (C=O) groups is 1. The molecule has 0 aliphatic carbocycles. The number of para-hydroxylation sites is 1. The van der Waals surface area contributed by atoms with E-state index in [9.17, 15) is 4.79 Å². The lowest BCUT2D eigenvalue weighted by Crippen LogP contribution is -2.34. The highest BCUT2D eigenvalue weighted by atomic mass is 35.5. The summed E-state index contributed by atoms with van der Waals surface area (Å²) in [6, 6.07) is 14.0. The predicted molar refractivity (Wildman–Crippen MR) is 111 cm³/mol. The Hall–Kier alpha value is -2.11. The molecule has 138 valence electrons. The van der Waals surface area contributed by atoms with Gasteiger partial charge >= 0.3 is 0 Å². The summed E-state index contributed by atoms with van der Waals surface area (Å²) in [5.74, 6) is 0.382. The Bertz CT molecular complexity index is 744. The van der Waals surface area contributed by atoms with Gasteiger partial charge in [-0.3, -0.25) is 4.79 Å². The normalized spacial score (nSPS) is 10.3. The van der Waals surface area contributed by atoms with Crippen LogP contribution in [0.3, 0.4) is 0 Å². The molecule has 2 aromatic carbocycles. The SMILES string of the molecule is CCCN(CCC)C(=S)Oc1ccc(C(=O)Nc2ccccc2Cl)cc1. The first-order chi connectivity index (χ1) is 12.5. The molecule has 2 rings (SSSR count). The Morgan fingerprint density at radius 1 is 1.08 bits per heavy atom. The van der Waals surface area contributed by atoms with Crippen molar-refractivity contribution in [2.24, 2.45) is 0 Å². The van der Waals surface area contributed by atoms with Crippen LogP contribution in [0.5, 0.6) is 5.75 Å². The fourth-order valence-electron chi connectivity index (χ4n) is 2.43. The highest BCUT2D eigenvalue weighted by Crippen LogP contribution is 2.22. The number of nitrogens with zero attached hydrogens (tertiary/aromatic N) is 1. The molecule has 0 spiro atoms. The van der Waals surface area contributed by atoms with Gasteiger partial charge in [0.2, 0.25) is 0 Å². The van der Waals surface area contributed by atoms with Gasteiger partial charge in [-0.25, -0.2) is 0 Å². The van der Waals surface area contributed by atoms with Crippen LogP contribution in [0.1, 0.15) is 37.0 Å². The molecule has 4 nitrogen and oxygen atoms in total. The number of hydrogen-bond acceptors (Lipinski definition) is 3. The highest BCUT2D eigenvalue weighted by Gasteiger charge is 2.12. The quantitative estimate of drug-likeness (QED) is 0.644. The second kappa shape index (κ2) is 10.1. The van der Waals surface area contributed by atoms with Crippen LogP contribution in [-0.2, 0) is 0 Å². The first-order valence-electron chi connectivity index (χ1n) is 8.67. The molecule has 0 saturated carbocycles. The van der Waals surface area contributed by atoms with Crippen molar-refractivity contribution in [3.05, 3.63) is 59.1 Å². The van der Waals surface area contributed by atoms with Crippen LogP contribution in [0.15, 0.2) is 48.5 Å². The topological polar surface area (TPSA) is 41.6 Å². The van der Waals surface area contributed by atoms with Crippen LogP contribution >= 0.6 is 23.8 Å². The highest BCUT2D eigenvalue weighted by molar-refractivity contribution is 7.80. The van der Waals surface area contributed by atoms with Gasteiger partial charge in [-0.1, -0.05) is 37.6 Å². The largest absolute Gasteiger partial charge is 0.432 e. The number of benzene rings is 2. The molecule has 1 N–H and O–H groups in total. The van der Waals surface area contributed by atoms with Crippen molar-refractivity contribution in [1.82, 2.24) is 4.90 Å². The van der Waals surface area contributed by atoms with E-state index in [0.717, 1.165) is 25.9 Å². The number of anilines is 1. The maximum Gasteiger partial charge on any atom is 0.264 e. The molecular formula is C20H23ClN2O2S. The number of ether oxygens (including phenoxy) is 1. The third-order valence-electron chi connectivity index (χ3n) is 3.69. The summed E-state index contributed by atoms with van der Waals surface area (Å²) in [5, 5.41) is 3.75. The summed E-state index contributed by atoms with van der Waals surface area (Å²) >= 11 is 11.4. The maximum absolute atomic E-state index is 12.3. The number of thiocarbonyl (C=S) groups is 1. The van der Waals surface area contributed by atoms with Gasteiger partial charge in [0, 0.05) is 18.7 Å².